The maximum Gasteiger partial charge on any atom is 0.219 e. The van der Waals surface area contributed by atoms with Crippen LogP contribution < -0.4 is 10.6 Å². The Kier molecular flexibility index (Phi) is 6.18. The lowest BCUT2D eigenvalue weighted by Crippen LogP contribution is -2.38. The van der Waals surface area contributed by atoms with E-state index in [1.54, 1.807) is 29.1 Å². The number of aromatic nitrogens is 3. The van der Waals surface area contributed by atoms with Crippen LogP contribution in [0, 0.1) is 18.3 Å². The fourth-order valence-electron chi connectivity index (χ4n) is 4.37. The zero-order chi connectivity index (χ0) is 23.7. The van der Waals surface area contributed by atoms with E-state index in [1.165, 1.54) is 22.5 Å². The first-order valence-electron chi connectivity index (χ1n) is 10.9. The lowest BCUT2D eigenvalue weighted by atomic mass is 9.76. The number of pyridine rings is 1. The number of hydrogen-bond donors (Lipinski definition) is 1. The lowest BCUT2D eigenvalue weighted by molar-refractivity contribution is -0.116. The molecule has 0 radical (unpaired) electrons. The number of carbonyl (C=O) groups excluding carboxylic acids is 1. The van der Waals surface area contributed by atoms with Gasteiger partial charge in [-0.1, -0.05) is 59.0 Å². The third-order valence-corrected chi connectivity index (χ3v) is 8.11. The third-order valence-electron chi connectivity index (χ3n) is 6.00. The van der Waals surface area contributed by atoms with E-state index in [1.807, 2.05) is 12.1 Å². The zero-order valence-corrected chi connectivity index (χ0v) is 20.2. The number of allylic oxidation sites excluding steroid dienone is 3. The van der Waals surface area contributed by atoms with Crippen LogP contribution in [0.3, 0.4) is 0 Å². The van der Waals surface area contributed by atoms with Gasteiger partial charge in [-0.25, -0.2) is 0 Å². The number of nitrogens with zero attached hydrogens (tertiary/aromatic N) is 5. The fourth-order valence-corrected chi connectivity index (χ4v) is 6.20. The van der Waals surface area contributed by atoms with Gasteiger partial charge in [-0.3, -0.25) is 14.7 Å². The highest BCUT2D eigenvalue weighted by Gasteiger charge is 2.41. The topological polar surface area (TPSA) is 109 Å². The van der Waals surface area contributed by atoms with Gasteiger partial charge in [-0.15, -0.1) is 10.2 Å². The Labute approximate surface area is 206 Å². The highest BCUT2D eigenvalue weighted by atomic mass is 32.2. The molecule has 1 unspecified atom stereocenters. The molecule has 1 aliphatic heterocycles. The van der Waals surface area contributed by atoms with Crippen LogP contribution in [0.5, 0.6) is 0 Å². The van der Waals surface area contributed by atoms with Gasteiger partial charge in [0, 0.05) is 35.8 Å². The standard InChI is InChI=1S/C25H22N6OS2/c1-15-7-9-16(10-8-15)14-33-25-30-29-24(34-25)31-19-5-2-6-20(32)22(19)21(18(12-26)23(31)27)17-4-3-11-28-13-17/h3-4,7-11,13,21H,2,5-6,14,27H2,1H3. The molecule has 1 aromatic carbocycles. The minimum absolute atomic E-state index is 0.0406. The summed E-state index contributed by atoms with van der Waals surface area (Å²) in [6, 6.07) is 14.4. The second-order valence-electron chi connectivity index (χ2n) is 8.23. The number of nitriles is 1. The number of carbonyl (C=O) groups is 1. The van der Waals surface area contributed by atoms with Crippen molar-refractivity contribution < 1.29 is 4.79 Å². The lowest BCUT2D eigenvalue weighted by Gasteiger charge is -2.37. The van der Waals surface area contributed by atoms with Crippen LogP contribution in [-0.4, -0.2) is 21.0 Å². The van der Waals surface area contributed by atoms with Crippen LogP contribution in [0.15, 0.2) is 75.8 Å². The van der Waals surface area contributed by atoms with Crippen molar-refractivity contribution in [3.63, 3.8) is 0 Å². The maximum absolute atomic E-state index is 13.1. The first kappa shape index (κ1) is 22.3. The largest absolute Gasteiger partial charge is 0.384 e. The van der Waals surface area contributed by atoms with Crippen LogP contribution in [-0.2, 0) is 10.5 Å². The molecule has 1 atom stereocenters. The van der Waals surface area contributed by atoms with Crippen LogP contribution in [0.2, 0.25) is 0 Å². The Balaban J connectivity index is 1.51. The van der Waals surface area contributed by atoms with E-state index in [9.17, 15) is 10.1 Å². The molecular formula is C25H22N6OS2. The summed E-state index contributed by atoms with van der Waals surface area (Å²) in [6.07, 6.45) is 5.24. The average molecular weight is 487 g/mol. The van der Waals surface area contributed by atoms with Gasteiger partial charge in [0.15, 0.2) is 10.1 Å². The molecule has 2 N–H and O–H groups in total. The van der Waals surface area contributed by atoms with Crippen LogP contribution in [0.1, 0.15) is 41.9 Å². The fraction of sp³-hybridized carbons (Fsp3) is 0.240. The van der Waals surface area contributed by atoms with E-state index in [0.717, 1.165) is 27.8 Å². The van der Waals surface area contributed by atoms with Gasteiger partial charge in [-0.05, 0) is 37.0 Å². The first-order valence-corrected chi connectivity index (χ1v) is 12.7. The molecule has 5 rings (SSSR count). The Morgan fingerprint density at radius 2 is 2.06 bits per heavy atom. The van der Waals surface area contributed by atoms with Crippen molar-refractivity contribution in [3.05, 3.63) is 88.1 Å². The predicted molar refractivity (Wildman–Crippen MR) is 133 cm³/mol. The van der Waals surface area contributed by atoms with E-state index in [0.29, 0.717) is 34.9 Å². The molecule has 3 heterocycles. The van der Waals surface area contributed by atoms with E-state index in [-0.39, 0.29) is 5.78 Å². The van der Waals surface area contributed by atoms with Crippen molar-refractivity contribution in [1.82, 2.24) is 15.2 Å². The van der Waals surface area contributed by atoms with Crippen molar-refractivity contribution in [2.75, 3.05) is 4.90 Å². The van der Waals surface area contributed by atoms with Crippen molar-refractivity contribution in [2.24, 2.45) is 5.73 Å². The third kappa shape index (κ3) is 4.11. The number of benzene rings is 1. The molecule has 0 saturated carbocycles. The van der Waals surface area contributed by atoms with Gasteiger partial charge in [0.25, 0.3) is 0 Å². The smallest absolute Gasteiger partial charge is 0.219 e. The van der Waals surface area contributed by atoms with Gasteiger partial charge in [0.2, 0.25) is 5.13 Å². The quantitative estimate of drug-likeness (QED) is 0.510. The number of hydrogen-bond acceptors (Lipinski definition) is 9. The SMILES string of the molecule is Cc1ccc(CSc2nnc(N3C(N)=C(C#N)C(c4cccnc4)C4=C3CCCC4=O)s2)cc1. The molecular weight excluding hydrogens is 464 g/mol. The molecule has 1 aliphatic carbocycles. The molecule has 7 nitrogen and oxygen atoms in total. The van der Waals surface area contributed by atoms with E-state index in [2.05, 4.69) is 52.4 Å². The molecule has 2 aromatic heterocycles. The predicted octanol–water partition coefficient (Wildman–Crippen LogP) is 4.84. The van der Waals surface area contributed by atoms with Crippen molar-refractivity contribution in [3.8, 4) is 6.07 Å². The molecule has 0 saturated heterocycles. The summed E-state index contributed by atoms with van der Waals surface area (Å²) in [6.45, 7) is 2.07. The molecule has 0 bridgehead atoms. The summed E-state index contributed by atoms with van der Waals surface area (Å²) in [5.74, 6) is 0.607. The molecule has 3 aromatic rings. The Morgan fingerprint density at radius 1 is 1.24 bits per heavy atom. The number of aryl methyl sites for hydroxylation is 1. The molecule has 170 valence electrons. The Bertz CT molecular complexity index is 1340. The average Bonchev–Trinajstić information content (AvgIpc) is 3.32. The second-order valence-corrected chi connectivity index (χ2v) is 10.4. The van der Waals surface area contributed by atoms with Crippen LogP contribution in [0.25, 0.3) is 0 Å². The van der Waals surface area contributed by atoms with Gasteiger partial charge in [0.05, 0.1) is 17.6 Å². The minimum Gasteiger partial charge on any atom is -0.384 e. The first-order chi connectivity index (χ1) is 16.6. The summed E-state index contributed by atoms with van der Waals surface area (Å²) in [5.41, 5.74) is 11.6. The molecule has 0 amide bonds. The van der Waals surface area contributed by atoms with Gasteiger partial charge < -0.3 is 5.73 Å². The summed E-state index contributed by atoms with van der Waals surface area (Å²) in [5, 5.41) is 19.4. The monoisotopic (exact) mass is 486 g/mol. The Hall–Kier alpha value is -3.48. The number of thioether (sulfide) groups is 1. The van der Waals surface area contributed by atoms with Crippen molar-refractivity contribution >= 4 is 34.0 Å². The molecule has 9 heteroatoms. The zero-order valence-electron chi connectivity index (χ0n) is 18.6. The van der Waals surface area contributed by atoms with E-state index in [4.69, 9.17) is 5.73 Å². The molecule has 34 heavy (non-hydrogen) atoms. The van der Waals surface area contributed by atoms with Crippen LogP contribution >= 0.6 is 23.1 Å². The van der Waals surface area contributed by atoms with Gasteiger partial charge in [0.1, 0.15) is 5.82 Å². The van der Waals surface area contributed by atoms with Gasteiger partial charge >= 0.3 is 0 Å². The Morgan fingerprint density at radius 3 is 2.79 bits per heavy atom. The molecule has 0 spiro atoms. The number of nitrogens with two attached hydrogens (primary N) is 1. The van der Waals surface area contributed by atoms with E-state index >= 15 is 0 Å². The number of anilines is 1. The number of ketones is 1. The molecule has 2 aliphatic rings. The van der Waals surface area contributed by atoms with Crippen molar-refractivity contribution in [2.45, 2.75) is 42.2 Å². The summed E-state index contributed by atoms with van der Waals surface area (Å²) in [7, 11) is 0. The number of rotatable bonds is 5. The second kappa shape index (κ2) is 9.41. The highest BCUT2D eigenvalue weighted by Crippen LogP contribution is 2.47. The van der Waals surface area contributed by atoms with E-state index < -0.39 is 5.92 Å². The maximum atomic E-state index is 13.1. The minimum atomic E-state index is -0.513. The van der Waals surface area contributed by atoms with Crippen molar-refractivity contribution in [1.29, 1.82) is 5.26 Å². The van der Waals surface area contributed by atoms with Crippen LogP contribution in [0.4, 0.5) is 5.13 Å². The highest BCUT2D eigenvalue weighted by molar-refractivity contribution is 8.00. The summed E-state index contributed by atoms with van der Waals surface area (Å²) in [4.78, 5) is 19.1. The normalized spacial score (nSPS) is 18.2. The molecule has 0 fully saturated rings. The number of Topliss-reactive ketones (excluding diaryl/α,β-unsaturated/α-hetero) is 1. The summed E-state index contributed by atoms with van der Waals surface area (Å²) >= 11 is 3.02. The summed E-state index contributed by atoms with van der Waals surface area (Å²) < 4.78 is 0.806. The van der Waals surface area contributed by atoms with Gasteiger partial charge in [-0.2, -0.15) is 5.26 Å².